The Balaban J connectivity index is 2.40. The zero-order valence-electron chi connectivity index (χ0n) is 11.8. The summed E-state index contributed by atoms with van der Waals surface area (Å²) < 4.78 is 0. The Hall–Kier alpha value is -1.35. The average molecular weight is 248 g/mol. The fourth-order valence-corrected chi connectivity index (χ4v) is 2.10. The number of benzene rings is 1. The van der Waals surface area contributed by atoms with Crippen LogP contribution in [-0.4, -0.2) is 36.0 Å². The molecule has 1 rings (SSSR count). The van der Waals surface area contributed by atoms with Crippen molar-refractivity contribution in [1.82, 2.24) is 10.2 Å². The van der Waals surface area contributed by atoms with Crippen LogP contribution in [-0.2, 0) is 0 Å². The van der Waals surface area contributed by atoms with Crippen LogP contribution in [0.15, 0.2) is 30.3 Å². The normalized spacial score (nSPS) is 11.3. The number of rotatable bonds is 6. The van der Waals surface area contributed by atoms with E-state index in [1.807, 2.05) is 30.3 Å². The van der Waals surface area contributed by atoms with Crippen molar-refractivity contribution in [3.63, 3.8) is 0 Å². The quantitative estimate of drug-likeness (QED) is 0.839. The number of nitrogens with one attached hydrogen (secondary N) is 1. The molecule has 1 N–H and O–H groups in total. The van der Waals surface area contributed by atoms with Gasteiger partial charge < -0.3 is 5.32 Å². The van der Waals surface area contributed by atoms with Gasteiger partial charge in [0, 0.05) is 30.7 Å². The first-order valence-corrected chi connectivity index (χ1v) is 6.61. The molecule has 0 aromatic heterocycles. The Kier molecular flexibility index (Phi) is 5.86. The second-order valence-corrected chi connectivity index (χ2v) is 5.05. The first kappa shape index (κ1) is 14.7. The SMILES string of the molecule is CC(C)N(CCNC(=O)c1ccccc1)C(C)C. The standard InChI is InChI=1S/C15H24N2O/c1-12(2)17(13(3)4)11-10-16-15(18)14-8-6-5-7-9-14/h5-9,12-13H,10-11H2,1-4H3,(H,16,18). The van der Waals surface area contributed by atoms with Crippen LogP contribution in [0.3, 0.4) is 0 Å². The molecule has 1 aromatic carbocycles. The molecule has 0 fully saturated rings. The number of carbonyl (C=O) groups is 1. The molecule has 0 atom stereocenters. The van der Waals surface area contributed by atoms with Crippen LogP contribution in [0, 0.1) is 0 Å². The second-order valence-electron chi connectivity index (χ2n) is 5.05. The molecule has 0 radical (unpaired) electrons. The molecule has 1 amide bonds. The van der Waals surface area contributed by atoms with Gasteiger partial charge in [0.1, 0.15) is 0 Å². The fraction of sp³-hybridized carbons (Fsp3) is 0.533. The van der Waals surface area contributed by atoms with E-state index in [1.54, 1.807) is 0 Å². The van der Waals surface area contributed by atoms with E-state index < -0.39 is 0 Å². The van der Waals surface area contributed by atoms with Gasteiger partial charge in [-0.2, -0.15) is 0 Å². The lowest BCUT2D eigenvalue weighted by Gasteiger charge is -2.30. The average Bonchev–Trinajstić information content (AvgIpc) is 2.34. The summed E-state index contributed by atoms with van der Waals surface area (Å²) in [6.45, 7) is 10.3. The minimum absolute atomic E-state index is 0.00284. The van der Waals surface area contributed by atoms with Gasteiger partial charge in [-0.3, -0.25) is 9.69 Å². The van der Waals surface area contributed by atoms with Crippen molar-refractivity contribution < 1.29 is 4.79 Å². The van der Waals surface area contributed by atoms with Crippen molar-refractivity contribution in [2.24, 2.45) is 0 Å². The fourth-order valence-electron chi connectivity index (χ4n) is 2.10. The number of amides is 1. The van der Waals surface area contributed by atoms with Gasteiger partial charge in [-0.1, -0.05) is 18.2 Å². The molecule has 3 nitrogen and oxygen atoms in total. The minimum Gasteiger partial charge on any atom is -0.351 e. The summed E-state index contributed by atoms with van der Waals surface area (Å²) >= 11 is 0. The van der Waals surface area contributed by atoms with E-state index in [2.05, 4.69) is 37.9 Å². The Labute approximate surface area is 110 Å². The highest BCUT2D eigenvalue weighted by Crippen LogP contribution is 2.03. The third-order valence-electron chi connectivity index (χ3n) is 3.02. The van der Waals surface area contributed by atoms with Crippen molar-refractivity contribution in [2.75, 3.05) is 13.1 Å². The summed E-state index contributed by atoms with van der Waals surface area (Å²) in [6.07, 6.45) is 0. The van der Waals surface area contributed by atoms with Crippen LogP contribution in [0.2, 0.25) is 0 Å². The molecule has 0 heterocycles. The van der Waals surface area contributed by atoms with E-state index in [9.17, 15) is 4.79 Å². The lowest BCUT2D eigenvalue weighted by atomic mass is 10.2. The van der Waals surface area contributed by atoms with Gasteiger partial charge in [0.2, 0.25) is 0 Å². The first-order chi connectivity index (χ1) is 8.52. The predicted octanol–water partition coefficient (Wildman–Crippen LogP) is 2.54. The molecule has 0 aliphatic heterocycles. The Morgan fingerprint density at radius 2 is 1.67 bits per heavy atom. The Morgan fingerprint density at radius 1 is 1.11 bits per heavy atom. The number of carbonyl (C=O) groups excluding carboxylic acids is 1. The van der Waals surface area contributed by atoms with Gasteiger partial charge in [-0.25, -0.2) is 0 Å². The van der Waals surface area contributed by atoms with Crippen molar-refractivity contribution in [3.05, 3.63) is 35.9 Å². The number of hydrogen-bond donors (Lipinski definition) is 1. The summed E-state index contributed by atoms with van der Waals surface area (Å²) in [5.41, 5.74) is 0.721. The van der Waals surface area contributed by atoms with E-state index in [1.165, 1.54) is 0 Å². The summed E-state index contributed by atoms with van der Waals surface area (Å²) in [4.78, 5) is 14.2. The highest BCUT2D eigenvalue weighted by Gasteiger charge is 2.13. The molecule has 18 heavy (non-hydrogen) atoms. The summed E-state index contributed by atoms with van der Waals surface area (Å²) in [6, 6.07) is 10.3. The zero-order valence-corrected chi connectivity index (χ0v) is 11.8. The third kappa shape index (κ3) is 4.49. The van der Waals surface area contributed by atoms with E-state index in [0.717, 1.165) is 12.1 Å². The van der Waals surface area contributed by atoms with E-state index in [0.29, 0.717) is 18.6 Å². The molecule has 100 valence electrons. The summed E-state index contributed by atoms with van der Waals surface area (Å²) in [5, 5.41) is 2.96. The lowest BCUT2D eigenvalue weighted by Crippen LogP contribution is -2.42. The van der Waals surface area contributed by atoms with Gasteiger partial charge in [0.15, 0.2) is 0 Å². The van der Waals surface area contributed by atoms with Gasteiger partial charge in [-0.15, -0.1) is 0 Å². The maximum Gasteiger partial charge on any atom is 0.251 e. The first-order valence-electron chi connectivity index (χ1n) is 6.61. The number of hydrogen-bond acceptors (Lipinski definition) is 2. The van der Waals surface area contributed by atoms with E-state index in [4.69, 9.17) is 0 Å². The zero-order chi connectivity index (χ0) is 13.5. The van der Waals surface area contributed by atoms with Crippen LogP contribution in [0.4, 0.5) is 0 Å². The Bertz CT molecular complexity index is 352. The molecule has 0 aliphatic rings. The molecule has 3 heteroatoms. The minimum atomic E-state index is 0.00284. The van der Waals surface area contributed by atoms with Crippen LogP contribution < -0.4 is 5.32 Å². The molecular weight excluding hydrogens is 224 g/mol. The molecule has 0 spiro atoms. The second kappa shape index (κ2) is 7.17. The smallest absolute Gasteiger partial charge is 0.251 e. The predicted molar refractivity (Wildman–Crippen MR) is 75.8 cm³/mol. The van der Waals surface area contributed by atoms with Gasteiger partial charge in [-0.05, 0) is 39.8 Å². The molecule has 0 saturated carbocycles. The third-order valence-corrected chi connectivity index (χ3v) is 3.02. The summed E-state index contributed by atoms with van der Waals surface area (Å²) in [5.74, 6) is 0.00284. The van der Waals surface area contributed by atoms with Crippen molar-refractivity contribution >= 4 is 5.91 Å². The van der Waals surface area contributed by atoms with Crippen LogP contribution in [0.1, 0.15) is 38.1 Å². The lowest BCUT2D eigenvalue weighted by molar-refractivity contribution is 0.0939. The highest BCUT2D eigenvalue weighted by atomic mass is 16.1. The monoisotopic (exact) mass is 248 g/mol. The van der Waals surface area contributed by atoms with Gasteiger partial charge >= 0.3 is 0 Å². The highest BCUT2D eigenvalue weighted by molar-refractivity contribution is 5.94. The number of nitrogens with zero attached hydrogens (tertiary/aromatic N) is 1. The summed E-state index contributed by atoms with van der Waals surface area (Å²) in [7, 11) is 0. The molecule has 0 unspecified atom stereocenters. The molecular formula is C15H24N2O. The molecule has 0 bridgehead atoms. The van der Waals surface area contributed by atoms with Crippen molar-refractivity contribution in [1.29, 1.82) is 0 Å². The van der Waals surface area contributed by atoms with Crippen LogP contribution in [0.5, 0.6) is 0 Å². The van der Waals surface area contributed by atoms with E-state index >= 15 is 0 Å². The van der Waals surface area contributed by atoms with Crippen LogP contribution >= 0.6 is 0 Å². The molecule has 0 aliphatic carbocycles. The largest absolute Gasteiger partial charge is 0.351 e. The topological polar surface area (TPSA) is 32.3 Å². The van der Waals surface area contributed by atoms with E-state index in [-0.39, 0.29) is 5.91 Å². The van der Waals surface area contributed by atoms with Crippen molar-refractivity contribution in [3.8, 4) is 0 Å². The van der Waals surface area contributed by atoms with Gasteiger partial charge in [0.25, 0.3) is 5.91 Å². The van der Waals surface area contributed by atoms with Crippen molar-refractivity contribution in [2.45, 2.75) is 39.8 Å². The van der Waals surface area contributed by atoms with Crippen LogP contribution in [0.25, 0.3) is 0 Å². The molecule has 1 aromatic rings. The molecule has 0 saturated heterocycles. The van der Waals surface area contributed by atoms with Gasteiger partial charge in [0.05, 0.1) is 0 Å². The maximum atomic E-state index is 11.8. The Morgan fingerprint density at radius 3 is 2.17 bits per heavy atom. The maximum absolute atomic E-state index is 11.8.